The maximum Gasteiger partial charge on any atom is 0.262 e. The van der Waals surface area contributed by atoms with Gasteiger partial charge in [-0.05, 0) is 54.4 Å². The van der Waals surface area contributed by atoms with E-state index in [0.29, 0.717) is 22.7 Å². The fourth-order valence-corrected chi connectivity index (χ4v) is 4.41. The first-order valence-electron chi connectivity index (χ1n) is 9.64. The van der Waals surface area contributed by atoms with E-state index in [9.17, 15) is 18.0 Å². The Bertz CT molecular complexity index is 1250. The van der Waals surface area contributed by atoms with Crippen LogP contribution in [0.2, 0.25) is 0 Å². The Labute approximate surface area is 186 Å². The zero-order valence-electron chi connectivity index (χ0n) is 17.6. The number of nitrogens with two attached hydrogens (primary N) is 1. The first-order chi connectivity index (χ1) is 15.2. The summed E-state index contributed by atoms with van der Waals surface area (Å²) in [5.74, 6) is -0.541. The zero-order valence-corrected chi connectivity index (χ0v) is 18.4. The van der Waals surface area contributed by atoms with Crippen molar-refractivity contribution in [3.05, 3.63) is 83.4 Å². The molecule has 0 aromatic heterocycles. The van der Waals surface area contributed by atoms with Gasteiger partial charge in [0.1, 0.15) is 5.75 Å². The molecular formula is C23H23N3O5S. The molecule has 0 saturated heterocycles. The third kappa shape index (κ3) is 5.44. The van der Waals surface area contributed by atoms with E-state index in [1.54, 1.807) is 67.6 Å². The highest BCUT2D eigenvalue weighted by Crippen LogP contribution is 2.27. The van der Waals surface area contributed by atoms with Crippen LogP contribution >= 0.6 is 0 Å². The predicted octanol–water partition coefficient (Wildman–Crippen LogP) is 3.08. The molecule has 0 unspecified atom stereocenters. The third-order valence-corrected chi connectivity index (χ3v) is 6.19. The SMILES string of the molecule is COc1ccccc1NS(=O)(=O)c1cc(C(=O)Nc2ccc(CC(N)=O)cc2)ccc1C. The van der Waals surface area contributed by atoms with Crippen molar-refractivity contribution in [2.75, 3.05) is 17.1 Å². The average Bonchev–Trinajstić information content (AvgIpc) is 2.75. The Hall–Kier alpha value is -3.85. The maximum absolute atomic E-state index is 13.0. The normalized spacial score (nSPS) is 10.9. The van der Waals surface area contributed by atoms with Crippen LogP contribution in [0.15, 0.2) is 71.6 Å². The number of rotatable bonds is 8. The number of primary amides is 1. The van der Waals surface area contributed by atoms with Crippen LogP contribution < -0.4 is 20.5 Å². The topological polar surface area (TPSA) is 128 Å². The molecule has 0 aliphatic rings. The highest BCUT2D eigenvalue weighted by Gasteiger charge is 2.21. The summed E-state index contributed by atoms with van der Waals surface area (Å²) in [5, 5.41) is 2.71. The lowest BCUT2D eigenvalue weighted by Gasteiger charge is -2.14. The highest BCUT2D eigenvalue weighted by molar-refractivity contribution is 7.92. The van der Waals surface area contributed by atoms with Gasteiger partial charge >= 0.3 is 0 Å². The highest BCUT2D eigenvalue weighted by atomic mass is 32.2. The number of sulfonamides is 1. The molecule has 8 nitrogen and oxygen atoms in total. The molecule has 0 aliphatic carbocycles. The molecule has 0 radical (unpaired) electrons. The van der Waals surface area contributed by atoms with Crippen LogP contribution in [-0.4, -0.2) is 27.3 Å². The quantitative estimate of drug-likeness (QED) is 0.483. The molecule has 0 spiro atoms. The molecule has 4 N–H and O–H groups in total. The maximum atomic E-state index is 13.0. The van der Waals surface area contributed by atoms with Gasteiger partial charge in [-0.3, -0.25) is 14.3 Å². The minimum Gasteiger partial charge on any atom is -0.495 e. The van der Waals surface area contributed by atoms with Gasteiger partial charge in [-0.1, -0.05) is 30.3 Å². The Morgan fingerprint density at radius 1 is 1.00 bits per heavy atom. The number of amides is 2. The molecule has 32 heavy (non-hydrogen) atoms. The fourth-order valence-electron chi connectivity index (χ4n) is 3.07. The number of carbonyl (C=O) groups excluding carboxylic acids is 2. The summed E-state index contributed by atoms with van der Waals surface area (Å²) in [6, 6.07) is 17.7. The van der Waals surface area contributed by atoms with Crippen molar-refractivity contribution in [2.24, 2.45) is 5.73 Å². The van der Waals surface area contributed by atoms with E-state index in [-0.39, 0.29) is 16.9 Å². The average molecular weight is 454 g/mol. The smallest absolute Gasteiger partial charge is 0.262 e. The van der Waals surface area contributed by atoms with Gasteiger partial charge in [0.25, 0.3) is 15.9 Å². The monoisotopic (exact) mass is 453 g/mol. The Kier molecular flexibility index (Phi) is 6.79. The third-order valence-electron chi connectivity index (χ3n) is 4.68. The number of anilines is 2. The van der Waals surface area contributed by atoms with Crippen LogP contribution in [0.1, 0.15) is 21.5 Å². The van der Waals surface area contributed by atoms with Crippen molar-refractivity contribution in [3.8, 4) is 5.75 Å². The van der Waals surface area contributed by atoms with Crippen molar-refractivity contribution in [2.45, 2.75) is 18.2 Å². The van der Waals surface area contributed by atoms with Crippen molar-refractivity contribution in [1.82, 2.24) is 0 Å². The summed E-state index contributed by atoms with van der Waals surface area (Å²) in [7, 11) is -2.53. The number of hydrogen-bond donors (Lipinski definition) is 3. The Balaban J connectivity index is 1.83. The number of aryl methyl sites for hydroxylation is 1. The van der Waals surface area contributed by atoms with E-state index in [2.05, 4.69) is 10.0 Å². The van der Waals surface area contributed by atoms with Crippen LogP contribution in [0, 0.1) is 6.92 Å². The molecule has 0 bridgehead atoms. The molecule has 0 aliphatic heterocycles. The molecule has 9 heteroatoms. The van der Waals surface area contributed by atoms with Gasteiger partial charge in [0.15, 0.2) is 0 Å². The van der Waals surface area contributed by atoms with Gasteiger partial charge in [-0.25, -0.2) is 8.42 Å². The fraction of sp³-hybridized carbons (Fsp3) is 0.130. The van der Waals surface area contributed by atoms with Crippen molar-refractivity contribution >= 4 is 33.2 Å². The number of methoxy groups -OCH3 is 1. The lowest BCUT2D eigenvalue weighted by atomic mass is 10.1. The second kappa shape index (κ2) is 9.52. The van der Waals surface area contributed by atoms with Gasteiger partial charge in [0.05, 0.1) is 24.1 Å². The lowest BCUT2D eigenvalue weighted by Crippen LogP contribution is -2.17. The molecule has 0 fully saturated rings. The van der Waals surface area contributed by atoms with Gasteiger partial charge < -0.3 is 15.8 Å². The minimum absolute atomic E-state index is 0.0205. The van der Waals surface area contributed by atoms with Gasteiger partial charge in [-0.2, -0.15) is 0 Å². The summed E-state index contributed by atoms with van der Waals surface area (Å²) in [6.07, 6.45) is 0.104. The minimum atomic E-state index is -3.98. The van der Waals surface area contributed by atoms with Crippen LogP contribution in [0.4, 0.5) is 11.4 Å². The number of hydrogen-bond acceptors (Lipinski definition) is 5. The van der Waals surface area contributed by atoms with Gasteiger partial charge in [0, 0.05) is 11.3 Å². The van der Waals surface area contributed by atoms with Crippen LogP contribution in [0.3, 0.4) is 0 Å². The Morgan fingerprint density at radius 2 is 1.69 bits per heavy atom. The van der Waals surface area contributed by atoms with E-state index >= 15 is 0 Å². The standard InChI is InChI=1S/C23H23N3O5S/c1-15-7-10-17(23(28)25-18-11-8-16(9-12-18)13-22(24)27)14-21(15)32(29,30)26-19-5-3-4-6-20(19)31-2/h3-12,14,26H,13H2,1-2H3,(H2,24,27)(H,25,28). The summed E-state index contributed by atoms with van der Waals surface area (Å²) < 4.78 is 33.7. The number of carbonyl (C=O) groups is 2. The first kappa shape index (κ1) is 22.8. The van der Waals surface area contributed by atoms with Gasteiger partial charge in [-0.15, -0.1) is 0 Å². The number of para-hydroxylation sites is 2. The van der Waals surface area contributed by atoms with Gasteiger partial charge in [0.2, 0.25) is 5.91 Å². The van der Waals surface area contributed by atoms with E-state index in [1.807, 2.05) is 0 Å². The molecule has 3 aromatic carbocycles. The zero-order chi connectivity index (χ0) is 23.3. The molecule has 0 saturated carbocycles. The second-order valence-electron chi connectivity index (χ2n) is 7.08. The van der Waals surface area contributed by atoms with Crippen molar-refractivity contribution < 1.29 is 22.7 Å². The Morgan fingerprint density at radius 3 is 2.34 bits per heavy atom. The van der Waals surface area contributed by atoms with Crippen LogP contribution in [0.25, 0.3) is 0 Å². The number of benzene rings is 3. The molecule has 0 atom stereocenters. The van der Waals surface area contributed by atoms with E-state index in [4.69, 9.17) is 10.5 Å². The largest absolute Gasteiger partial charge is 0.495 e. The summed E-state index contributed by atoms with van der Waals surface area (Å²) in [5.41, 5.74) is 7.36. The summed E-state index contributed by atoms with van der Waals surface area (Å²) >= 11 is 0. The van der Waals surface area contributed by atoms with Crippen LogP contribution in [-0.2, 0) is 21.2 Å². The molecule has 3 aromatic rings. The lowest BCUT2D eigenvalue weighted by molar-refractivity contribution is -0.117. The second-order valence-corrected chi connectivity index (χ2v) is 8.73. The van der Waals surface area contributed by atoms with Crippen molar-refractivity contribution in [3.63, 3.8) is 0 Å². The first-order valence-corrected chi connectivity index (χ1v) is 11.1. The van der Waals surface area contributed by atoms with Crippen LogP contribution in [0.5, 0.6) is 5.75 Å². The predicted molar refractivity (Wildman–Crippen MR) is 122 cm³/mol. The van der Waals surface area contributed by atoms with E-state index < -0.39 is 21.8 Å². The molecule has 2 amide bonds. The molecular weight excluding hydrogens is 430 g/mol. The summed E-state index contributed by atoms with van der Waals surface area (Å²) in [6.45, 7) is 1.65. The number of ether oxygens (including phenoxy) is 1. The molecule has 166 valence electrons. The molecule has 3 rings (SSSR count). The van der Waals surface area contributed by atoms with E-state index in [0.717, 1.165) is 5.56 Å². The van der Waals surface area contributed by atoms with Crippen molar-refractivity contribution in [1.29, 1.82) is 0 Å². The summed E-state index contributed by atoms with van der Waals surface area (Å²) in [4.78, 5) is 23.7. The van der Waals surface area contributed by atoms with E-state index in [1.165, 1.54) is 13.2 Å². The molecule has 0 heterocycles. The number of nitrogens with one attached hydrogen (secondary N) is 2.